The van der Waals surface area contributed by atoms with E-state index in [0.717, 1.165) is 22.6 Å². The first-order chi connectivity index (χ1) is 9.22. The molecule has 0 fully saturated rings. The number of rotatable bonds is 4. The molecule has 0 aliphatic heterocycles. The number of nitrogens with one attached hydrogen (secondary N) is 1. The average molecular weight is 252 g/mol. The van der Waals surface area contributed by atoms with Crippen LogP contribution in [0.2, 0.25) is 0 Å². The van der Waals surface area contributed by atoms with Crippen LogP contribution in [0.15, 0.2) is 42.5 Å². The second-order valence-electron chi connectivity index (χ2n) is 4.35. The van der Waals surface area contributed by atoms with Crippen molar-refractivity contribution in [3.63, 3.8) is 0 Å². The van der Waals surface area contributed by atoms with Gasteiger partial charge >= 0.3 is 0 Å². The highest BCUT2D eigenvalue weighted by atomic mass is 16.5. The second-order valence-corrected chi connectivity index (χ2v) is 4.35. The Morgan fingerprint density at radius 1 is 1.21 bits per heavy atom. The monoisotopic (exact) mass is 252 g/mol. The van der Waals surface area contributed by atoms with Crippen molar-refractivity contribution in [2.24, 2.45) is 0 Å². The molecule has 0 aliphatic rings. The molecular formula is C16H16N2O. The fraction of sp³-hybridized carbons (Fsp3) is 0.188. The van der Waals surface area contributed by atoms with Gasteiger partial charge in [-0.1, -0.05) is 12.1 Å². The van der Waals surface area contributed by atoms with Gasteiger partial charge in [0.2, 0.25) is 0 Å². The Morgan fingerprint density at radius 3 is 2.74 bits per heavy atom. The van der Waals surface area contributed by atoms with Crippen LogP contribution in [-0.4, -0.2) is 7.11 Å². The lowest BCUT2D eigenvalue weighted by Crippen LogP contribution is -2.01. The van der Waals surface area contributed by atoms with Crippen molar-refractivity contribution in [2.75, 3.05) is 12.4 Å². The Labute approximate surface area is 113 Å². The first kappa shape index (κ1) is 13.0. The van der Waals surface area contributed by atoms with E-state index < -0.39 is 0 Å². The Kier molecular flexibility index (Phi) is 4.04. The second kappa shape index (κ2) is 5.92. The Morgan fingerprint density at radius 2 is 2.05 bits per heavy atom. The van der Waals surface area contributed by atoms with Crippen molar-refractivity contribution in [3.05, 3.63) is 59.2 Å². The molecule has 0 saturated carbocycles. The van der Waals surface area contributed by atoms with Gasteiger partial charge in [0.05, 0.1) is 18.7 Å². The maximum absolute atomic E-state index is 8.86. The number of benzene rings is 2. The standard InChI is InChI=1S/C16H16N2O/c1-12-8-15(19-2)6-7-16(12)18-11-14-5-3-4-13(9-14)10-17/h3-9,18H,11H2,1-2H3. The minimum Gasteiger partial charge on any atom is -0.497 e. The fourth-order valence-corrected chi connectivity index (χ4v) is 1.91. The largest absolute Gasteiger partial charge is 0.497 e. The molecule has 2 aromatic carbocycles. The van der Waals surface area contributed by atoms with Gasteiger partial charge in [-0.2, -0.15) is 5.26 Å². The lowest BCUT2D eigenvalue weighted by molar-refractivity contribution is 0.414. The third-order valence-corrected chi connectivity index (χ3v) is 2.97. The number of nitriles is 1. The maximum atomic E-state index is 8.86. The zero-order valence-corrected chi connectivity index (χ0v) is 11.1. The van der Waals surface area contributed by atoms with Crippen LogP contribution in [0.1, 0.15) is 16.7 Å². The van der Waals surface area contributed by atoms with E-state index >= 15 is 0 Å². The predicted octanol–water partition coefficient (Wildman–Crippen LogP) is 3.49. The summed E-state index contributed by atoms with van der Waals surface area (Å²) in [5.41, 5.74) is 3.99. The summed E-state index contributed by atoms with van der Waals surface area (Å²) in [6.45, 7) is 2.74. The van der Waals surface area contributed by atoms with Gasteiger partial charge in [0.1, 0.15) is 5.75 Å². The number of aryl methyl sites for hydroxylation is 1. The van der Waals surface area contributed by atoms with Crippen LogP contribution in [0.5, 0.6) is 5.75 Å². The van der Waals surface area contributed by atoms with Gasteiger partial charge < -0.3 is 10.1 Å². The number of nitrogens with zero attached hydrogens (tertiary/aromatic N) is 1. The highest BCUT2D eigenvalue weighted by Crippen LogP contribution is 2.21. The zero-order valence-electron chi connectivity index (χ0n) is 11.1. The zero-order chi connectivity index (χ0) is 13.7. The van der Waals surface area contributed by atoms with E-state index in [2.05, 4.69) is 11.4 Å². The number of anilines is 1. The molecule has 0 aromatic heterocycles. The van der Waals surface area contributed by atoms with Gasteiger partial charge in [-0.3, -0.25) is 0 Å². The first-order valence-corrected chi connectivity index (χ1v) is 6.10. The molecule has 0 saturated heterocycles. The quantitative estimate of drug-likeness (QED) is 0.906. The van der Waals surface area contributed by atoms with Gasteiger partial charge in [0.15, 0.2) is 0 Å². The Hall–Kier alpha value is -2.47. The molecule has 0 radical (unpaired) electrons. The molecule has 19 heavy (non-hydrogen) atoms. The van der Waals surface area contributed by atoms with Gasteiger partial charge in [-0.25, -0.2) is 0 Å². The van der Waals surface area contributed by atoms with E-state index in [4.69, 9.17) is 10.00 Å². The van der Waals surface area contributed by atoms with Crippen molar-refractivity contribution in [3.8, 4) is 11.8 Å². The summed E-state index contributed by atoms with van der Waals surface area (Å²) in [5.74, 6) is 0.856. The molecule has 3 heteroatoms. The van der Waals surface area contributed by atoms with E-state index in [0.29, 0.717) is 12.1 Å². The molecule has 2 rings (SSSR count). The third-order valence-electron chi connectivity index (χ3n) is 2.97. The van der Waals surface area contributed by atoms with Gasteiger partial charge in [0.25, 0.3) is 0 Å². The van der Waals surface area contributed by atoms with Crippen molar-refractivity contribution in [1.29, 1.82) is 5.26 Å². The van der Waals surface area contributed by atoms with E-state index in [1.54, 1.807) is 7.11 Å². The smallest absolute Gasteiger partial charge is 0.119 e. The molecule has 0 unspecified atom stereocenters. The highest BCUT2D eigenvalue weighted by molar-refractivity contribution is 5.54. The maximum Gasteiger partial charge on any atom is 0.119 e. The van der Waals surface area contributed by atoms with Crippen molar-refractivity contribution >= 4 is 5.69 Å². The van der Waals surface area contributed by atoms with Crippen LogP contribution in [0.4, 0.5) is 5.69 Å². The van der Waals surface area contributed by atoms with Crippen molar-refractivity contribution in [1.82, 2.24) is 0 Å². The Balaban J connectivity index is 2.08. The minimum absolute atomic E-state index is 0.686. The summed E-state index contributed by atoms with van der Waals surface area (Å²) in [6.07, 6.45) is 0. The van der Waals surface area contributed by atoms with Crippen molar-refractivity contribution in [2.45, 2.75) is 13.5 Å². The highest BCUT2D eigenvalue weighted by Gasteiger charge is 2.01. The molecule has 0 heterocycles. The van der Waals surface area contributed by atoms with Gasteiger partial charge in [-0.05, 0) is 48.4 Å². The topological polar surface area (TPSA) is 45.0 Å². The van der Waals surface area contributed by atoms with E-state index in [9.17, 15) is 0 Å². The number of methoxy groups -OCH3 is 1. The van der Waals surface area contributed by atoms with Gasteiger partial charge in [0, 0.05) is 12.2 Å². The van der Waals surface area contributed by atoms with E-state index in [-0.39, 0.29) is 0 Å². The van der Waals surface area contributed by atoms with Crippen molar-refractivity contribution < 1.29 is 4.74 Å². The lowest BCUT2D eigenvalue weighted by Gasteiger charge is -2.11. The molecule has 0 spiro atoms. The SMILES string of the molecule is COc1ccc(NCc2cccc(C#N)c2)c(C)c1. The fourth-order valence-electron chi connectivity index (χ4n) is 1.91. The van der Waals surface area contributed by atoms with E-state index in [1.807, 2.05) is 49.4 Å². The van der Waals surface area contributed by atoms with Crippen LogP contribution in [0.3, 0.4) is 0 Å². The molecule has 2 aromatic rings. The summed E-state index contributed by atoms with van der Waals surface area (Å²) in [7, 11) is 1.66. The molecule has 96 valence electrons. The third kappa shape index (κ3) is 3.26. The molecule has 0 bridgehead atoms. The van der Waals surface area contributed by atoms with Gasteiger partial charge in [-0.15, -0.1) is 0 Å². The van der Waals surface area contributed by atoms with E-state index in [1.165, 1.54) is 0 Å². The summed E-state index contributed by atoms with van der Waals surface area (Å²) in [6, 6.07) is 15.7. The number of hydrogen-bond donors (Lipinski definition) is 1. The Bertz CT molecular complexity index is 614. The first-order valence-electron chi connectivity index (χ1n) is 6.10. The molecule has 0 amide bonds. The normalized spacial score (nSPS) is 9.74. The number of ether oxygens (including phenoxy) is 1. The van der Waals surface area contributed by atoms with Crippen LogP contribution < -0.4 is 10.1 Å². The molecular weight excluding hydrogens is 236 g/mol. The predicted molar refractivity (Wildman–Crippen MR) is 76.2 cm³/mol. The molecule has 0 aliphatic carbocycles. The average Bonchev–Trinajstić information content (AvgIpc) is 2.46. The summed E-state index contributed by atoms with van der Waals surface area (Å²) in [5, 5.41) is 12.2. The van der Waals surface area contributed by atoms with Crippen LogP contribution in [0, 0.1) is 18.3 Å². The summed E-state index contributed by atoms with van der Waals surface area (Å²) >= 11 is 0. The summed E-state index contributed by atoms with van der Waals surface area (Å²) in [4.78, 5) is 0. The number of hydrogen-bond acceptors (Lipinski definition) is 3. The van der Waals surface area contributed by atoms with Crippen LogP contribution in [0.25, 0.3) is 0 Å². The van der Waals surface area contributed by atoms with Crippen LogP contribution in [-0.2, 0) is 6.54 Å². The summed E-state index contributed by atoms with van der Waals surface area (Å²) < 4.78 is 5.18. The molecule has 0 atom stereocenters. The lowest BCUT2D eigenvalue weighted by atomic mass is 10.1. The minimum atomic E-state index is 0.686. The van der Waals surface area contributed by atoms with Crippen LogP contribution >= 0.6 is 0 Å². The molecule has 1 N–H and O–H groups in total. The molecule has 3 nitrogen and oxygen atoms in total.